The second-order valence-electron chi connectivity index (χ2n) is 3.89. The maximum absolute atomic E-state index is 5.56. The summed E-state index contributed by atoms with van der Waals surface area (Å²) < 4.78 is 5.56. The van der Waals surface area contributed by atoms with Crippen molar-refractivity contribution in [1.82, 2.24) is 5.32 Å². The van der Waals surface area contributed by atoms with Gasteiger partial charge in [0.25, 0.3) is 0 Å². The van der Waals surface area contributed by atoms with Gasteiger partial charge in [-0.2, -0.15) is 0 Å². The second-order valence-corrected chi connectivity index (χ2v) is 3.89. The van der Waals surface area contributed by atoms with Gasteiger partial charge in [0.1, 0.15) is 0 Å². The van der Waals surface area contributed by atoms with Crippen molar-refractivity contribution in [1.29, 1.82) is 0 Å². The van der Waals surface area contributed by atoms with Crippen molar-refractivity contribution >= 4 is 0 Å². The Morgan fingerprint density at radius 3 is 2.69 bits per heavy atom. The molecule has 1 atom stereocenters. The molecule has 1 fully saturated rings. The molecule has 0 bridgehead atoms. The predicted molar refractivity (Wildman–Crippen MR) is 56.0 cm³/mol. The number of hydrogen-bond acceptors (Lipinski definition) is 2. The SMILES string of the molecule is CCC(CC)NCCC1CCCO1. The highest BCUT2D eigenvalue weighted by Gasteiger charge is 2.14. The Bertz CT molecular complexity index is 115. The van der Waals surface area contributed by atoms with E-state index in [1.54, 1.807) is 0 Å². The smallest absolute Gasteiger partial charge is 0.0588 e. The topological polar surface area (TPSA) is 21.3 Å². The Hall–Kier alpha value is -0.0800. The summed E-state index contributed by atoms with van der Waals surface area (Å²) in [5, 5.41) is 3.57. The van der Waals surface area contributed by atoms with Gasteiger partial charge < -0.3 is 10.1 Å². The summed E-state index contributed by atoms with van der Waals surface area (Å²) in [6.45, 7) is 6.59. The summed E-state index contributed by atoms with van der Waals surface area (Å²) in [6.07, 6.45) is 6.74. The zero-order chi connectivity index (χ0) is 9.52. The van der Waals surface area contributed by atoms with Gasteiger partial charge in [-0.3, -0.25) is 0 Å². The van der Waals surface area contributed by atoms with E-state index >= 15 is 0 Å². The van der Waals surface area contributed by atoms with Crippen molar-refractivity contribution in [2.45, 2.75) is 58.1 Å². The van der Waals surface area contributed by atoms with Crippen LogP contribution in [0.25, 0.3) is 0 Å². The quantitative estimate of drug-likeness (QED) is 0.686. The van der Waals surface area contributed by atoms with Crippen LogP contribution in [0.4, 0.5) is 0 Å². The second kappa shape index (κ2) is 6.39. The molecule has 0 saturated carbocycles. The Morgan fingerprint density at radius 1 is 1.38 bits per heavy atom. The highest BCUT2D eigenvalue weighted by molar-refractivity contribution is 4.68. The molecule has 0 aromatic rings. The molecule has 2 nitrogen and oxygen atoms in total. The maximum Gasteiger partial charge on any atom is 0.0588 e. The molecule has 2 heteroatoms. The van der Waals surface area contributed by atoms with Gasteiger partial charge in [0.05, 0.1) is 6.10 Å². The third kappa shape index (κ3) is 4.10. The van der Waals surface area contributed by atoms with Crippen LogP contribution in [0.3, 0.4) is 0 Å². The molecule has 1 rings (SSSR count). The van der Waals surface area contributed by atoms with Crippen LogP contribution in [0.15, 0.2) is 0 Å². The summed E-state index contributed by atoms with van der Waals surface area (Å²) in [4.78, 5) is 0. The lowest BCUT2D eigenvalue weighted by molar-refractivity contribution is 0.103. The standard InChI is InChI=1S/C11H23NO/c1-3-10(4-2)12-8-7-11-6-5-9-13-11/h10-12H,3-9H2,1-2H3. The van der Waals surface area contributed by atoms with Gasteiger partial charge in [-0.15, -0.1) is 0 Å². The van der Waals surface area contributed by atoms with Crippen molar-refractivity contribution in [3.63, 3.8) is 0 Å². The normalized spacial score (nSPS) is 22.8. The molecule has 0 radical (unpaired) electrons. The van der Waals surface area contributed by atoms with E-state index in [1.165, 1.54) is 32.1 Å². The summed E-state index contributed by atoms with van der Waals surface area (Å²) in [5.74, 6) is 0. The monoisotopic (exact) mass is 185 g/mol. The first-order valence-electron chi connectivity index (χ1n) is 5.71. The molecule has 1 saturated heterocycles. The molecule has 1 heterocycles. The lowest BCUT2D eigenvalue weighted by Crippen LogP contribution is -2.30. The fourth-order valence-electron chi connectivity index (χ4n) is 1.90. The Morgan fingerprint density at radius 2 is 2.15 bits per heavy atom. The van der Waals surface area contributed by atoms with Gasteiger partial charge in [0, 0.05) is 12.6 Å². The van der Waals surface area contributed by atoms with Crippen LogP contribution in [-0.2, 0) is 4.74 Å². The zero-order valence-electron chi connectivity index (χ0n) is 9.01. The first-order chi connectivity index (χ1) is 6.36. The summed E-state index contributed by atoms with van der Waals surface area (Å²) in [6, 6.07) is 0.710. The first-order valence-corrected chi connectivity index (χ1v) is 5.71. The van der Waals surface area contributed by atoms with Gasteiger partial charge >= 0.3 is 0 Å². The molecule has 0 amide bonds. The molecule has 0 spiro atoms. The van der Waals surface area contributed by atoms with Crippen molar-refractivity contribution in [2.24, 2.45) is 0 Å². The van der Waals surface area contributed by atoms with Gasteiger partial charge in [0.15, 0.2) is 0 Å². The van der Waals surface area contributed by atoms with Gasteiger partial charge in [-0.1, -0.05) is 13.8 Å². The molecule has 0 aliphatic carbocycles. The lowest BCUT2D eigenvalue weighted by atomic mass is 10.1. The number of hydrogen-bond donors (Lipinski definition) is 1. The third-order valence-corrected chi connectivity index (χ3v) is 2.91. The molecule has 1 aliphatic heterocycles. The molecule has 0 aromatic heterocycles. The van der Waals surface area contributed by atoms with Crippen LogP contribution >= 0.6 is 0 Å². The molecule has 78 valence electrons. The highest BCUT2D eigenvalue weighted by atomic mass is 16.5. The number of nitrogens with one attached hydrogen (secondary N) is 1. The van der Waals surface area contributed by atoms with E-state index < -0.39 is 0 Å². The average molecular weight is 185 g/mol. The fraction of sp³-hybridized carbons (Fsp3) is 1.00. The van der Waals surface area contributed by atoms with E-state index in [0.29, 0.717) is 12.1 Å². The van der Waals surface area contributed by atoms with E-state index in [2.05, 4.69) is 19.2 Å². The van der Waals surface area contributed by atoms with Crippen LogP contribution in [-0.4, -0.2) is 25.3 Å². The Labute approximate surface area is 82.0 Å². The molecule has 1 aliphatic rings. The van der Waals surface area contributed by atoms with Crippen LogP contribution in [0.5, 0.6) is 0 Å². The van der Waals surface area contributed by atoms with E-state index in [4.69, 9.17) is 4.74 Å². The minimum Gasteiger partial charge on any atom is -0.378 e. The summed E-state index contributed by atoms with van der Waals surface area (Å²) in [5.41, 5.74) is 0. The average Bonchev–Trinajstić information content (AvgIpc) is 2.65. The zero-order valence-corrected chi connectivity index (χ0v) is 9.01. The van der Waals surface area contributed by atoms with Crippen LogP contribution in [0, 0.1) is 0 Å². The Kier molecular flexibility index (Phi) is 5.40. The number of rotatable bonds is 6. The predicted octanol–water partition coefficient (Wildman–Crippen LogP) is 2.33. The number of ether oxygens (including phenoxy) is 1. The molecular weight excluding hydrogens is 162 g/mol. The molecule has 1 N–H and O–H groups in total. The summed E-state index contributed by atoms with van der Waals surface area (Å²) in [7, 11) is 0. The third-order valence-electron chi connectivity index (χ3n) is 2.91. The highest BCUT2D eigenvalue weighted by Crippen LogP contribution is 2.14. The van der Waals surface area contributed by atoms with Gasteiger partial charge in [0.2, 0.25) is 0 Å². The fourth-order valence-corrected chi connectivity index (χ4v) is 1.90. The van der Waals surface area contributed by atoms with Crippen molar-refractivity contribution < 1.29 is 4.74 Å². The van der Waals surface area contributed by atoms with Crippen LogP contribution in [0.2, 0.25) is 0 Å². The lowest BCUT2D eigenvalue weighted by Gasteiger charge is -2.16. The van der Waals surface area contributed by atoms with Crippen molar-refractivity contribution in [3.8, 4) is 0 Å². The van der Waals surface area contributed by atoms with Crippen LogP contribution < -0.4 is 5.32 Å². The van der Waals surface area contributed by atoms with E-state index in [1.807, 2.05) is 0 Å². The van der Waals surface area contributed by atoms with Gasteiger partial charge in [-0.05, 0) is 38.6 Å². The largest absolute Gasteiger partial charge is 0.378 e. The van der Waals surface area contributed by atoms with E-state index in [0.717, 1.165) is 13.2 Å². The molecular formula is C11H23NO. The first kappa shape index (κ1) is 11.0. The van der Waals surface area contributed by atoms with Gasteiger partial charge in [-0.25, -0.2) is 0 Å². The Balaban J connectivity index is 1.98. The molecule has 1 unspecified atom stereocenters. The van der Waals surface area contributed by atoms with E-state index in [-0.39, 0.29) is 0 Å². The molecule has 13 heavy (non-hydrogen) atoms. The maximum atomic E-state index is 5.56. The van der Waals surface area contributed by atoms with Crippen molar-refractivity contribution in [3.05, 3.63) is 0 Å². The van der Waals surface area contributed by atoms with Crippen molar-refractivity contribution in [2.75, 3.05) is 13.2 Å². The minimum atomic E-state index is 0.543. The minimum absolute atomic E-state index is 0.543. The van der Waals surface area contributed by atoms with Crippen LogP contribution in [0.1, 0.15) is 46.0 Å². The summed E-state index contributed by atoms with van der Waals surface area (Å²) >= 11 is 0. The van der Waals surface area contributed by atoms with E-state index in [9.17, 15) is 0 Å². The molecule has 0 aromatic carbocycles.